The van der Waals surface area contributed by atoms with Gasteiger partial charge in [0, 0.05) is 31.4 Å². The van der Waals surface area contributed by atoms with Gasteiger partial charge in [0.05, 0.1) is 6.61 Å². The average molecular weight is 222 g/mol. The first-order valence-corrected chi connectivity index (χ1v) is 5.65. The fraction of sp³-hybridized carbons (Fsp3) is 0.636. The van der Waals surface area contributed by atoms with Crippen molar-refractivity contribution in [2.24, 2.45) is 0 Å². The Labute approximate surface area is 95.5 Å². The number of hydrogen-bond donors (Lipinski definition) is 2. The van der Waals surface area contributed by atoms with Crippen molar-refractivity contribution in [3.8, 4) is 0 Å². The monoisotopic (exact) mass is 222 g/mol. The van der Waals surface area contributed by atoms with Crippen LogP contribution in [0, 0.1) is 6.92 Å². The molecule has 0 radical (unpaired) electrons. The summed E-state index contributed by atoms with van der Waals surface area (Å²) in [5.41, 5.74) is 0.943. The third-order valence-corrected chi connectivity index (χ3v) is 2.69. The number of nitrogens with zero attached hydrogens (tertiary/aromatic N) is 3. The van der Waals surface area contributed by atoms with E-state index in [1.807, 2.05) is 20.0 Å². The first-order chi connectivity index (χ1) is 7.74. The zero-order chi connectivity index (χ0) is 11.5. The highest BCUT2D eigenvalue weighted by Gasteiger charge is 2.29. The van der Waals surface area contributed by atoms with E-state index in [1.165, 1.54) is 12.8 Å². The molecule has 0 atom stereocenters. The Morgan fingerprint density at radius 2 is 2.25 bits per heavy atom. The molecule has 1 aliphatic rings. The van der Waals surface area contributed by atoms with Crippen LogP contribution in [-0.2, 0) is 0 Å². The van der Waals surface area contributed by atoms with Gasteiger partial charge in [-0.15, -0.1) is 0 Å². The van der Waals surface area contributed by atoms with Crippen molar-refractivity contribution in [1.82, 2.24) is 9.97 Å². The molecule has 1 heterocycles. The zero-order valence-electron chi connectivity index (χ0n) is 9.77. The number of aliphatic hydroxyl groups excluding tert-OH is 1. The quantitative estimate of drug-likeness (QED) is 0.771. The van der Waals surface area contributed by atoms with E-state index in [1.54, 1.807) is 0 Å². The molecule has 0 aliphatic heterocycles. The maximum atomic E-state index is 9.07. The number of nitrogens with one attached hydrogen (secondary N) is 1. The Bertz CT molecular complexity index is 365. The molecule has 0 unspecified atom stereocenters. The highest BCUT2D eigenvalue weighted by Crippen LogP contribution is 2.30. The summed E-state index contributed by atoms with van der Waals surface area (Å²) in [6.45, 7) is 2.76. The lowest BCUT2D eigenvalue weighted by atomic mass is 10.3. The van der Waals surface area contributed by atoms with Gasteiger partial charge in [-0.2, -0.15) is 4.98 Å². The minimum Gasteiger partial charge on any atom is -0.395 e. The van der Waals surface area contributed by atoms with E-state index in [0.717, 1.165) is 11.5 Å². The van der Waals surface area contributed by atoms with Gasteiger partial charge >= 0.3 is 0 Å². The van der Waals surface area contributed by atoms with Gasteiger partial charge in [0.2, 0.25) is 5.95 Å². The van der Waals surface area contributed by atoms with Crippen LogP contribution in [0.15, 0.2) is 6.07 Å². The number of hydrogen-bond acceptors (Lipinski definition) is 5. The van der Waals surface area contributed by atoms with Crippen LogP contribution in [0.4, 0.5) is 11.8 Å². The third kappa shape index (κ3) is 2.41. The summed E-state index contributed by atoms with van der Waals surface area (Å²) in [5, 5.41) is 12.0. The smallest absolute Gasteiger partial charge is 0.224 e. The lowest BCUT2D eigenvalue weighted by molar-refractivity contribution is 0.301. The summed E-state index contributed by atoms with van der Waals surface area (Å²) in [7, 11) is 1.81. The first-order valence-electron chi connectivity index (χ1n) is 5.65. The largest absolute Gasteiger partial charge is 0.395 e. The molecule has 5 heteroatoms. The van der Waals surface area contributed by atoms with Crippen LogP contribution in [0.1, 0.15) is 18.5 Å². The molecule has 2 rings (SSSR count). The van der Waals surface area contributed by atoms with Crippen molar-refractivity contribution in [3.63, 3.8) is 0 Å². The Kier molecular flexibility index (Phi) is 3.24. The molecule has 16 heavy (non-hydrogen) atoms. The minimum absolute atomic E-state index is 0.161. The van der Waals surface area contributed by atoms with Crippen LogP contribution < -0.4 is 10.2 Å². The van der Waals surface area contributed by atoms with Gasteiger partial charge in [0.15, 0.2) is 0 Å². The van der Waals surface area contributed by atoms with E-state index in [-0.39, 0.29) is 6.61 Å². The van der Waals surface area contributed by atoms with Crippen LogP contribution in [0.2, 0.25) is 0 Å². The van der Waals surface area contributed by atoms with Crippen LogP contribution in [0.5, 0.6) is 0 Å². The highest BCUT2D eigenvalue weighted by atomic mass is 16.3. The predicted molar refractivity (Wildman–Crippen MR) is 63.8 cm³/mol. The maximum absolute atomic E-state index is 9.07. The molecule has 2 N–H and O–H groups in total. The number of rotatable bonds is 5. The van der Waals surface area contributed by atoms with Crippen molar-refractivity contribution in [2.45, 2.75) is 25.8 Å². The maximum Gasteiger partial charge on any atom is 0.224 e. The van der Waals surface area contributed by atoms with Crippen LogP contribution in [0.25, 0.3) is 0 Å². The molecule has 0 aromatic carbocycles. The fourth-order valence-electron chi connectivity index (χ4n) is 1.79. The van der Waals surface area contributed by atoms with Gasteiger partial charge in [-0.3, -0.25) is 0 Å². The second-order valence-corrected chi connectivity index (χ2v) is 4.09. The molecule has 5 nitrogen and oxygen atoms in total. The van der Waals surface area contributed by atoms with Crippen molar-refractivity contribution in [2.75, 3.05) is 30.4 Å². The molecular formula is C11H18N4O. The molecule has 1 aromatic heterocycles. The summed E-state index contributed by atoms with van der Waals surface area (Å²) in [4.78, 5) is 10.9. The van der Waals surface area contributed by atoms with Crippen molar-refractivity contribution >= 4 is 11.8 Å². The molecule has 0 spiro atoms. The zero-order valence-corrected chi connectivity index (χ0v) is 9.77. The van der Waals surface area contributed by atoms with Crippen molar-refractivity contribution < 1.29 is 5.11 Å². The van der Waals surface area contributed by atoms with Gasteiger partial charge in [0.25, 0.3) is 0 Å². The molecular weight excluding hydrogens is 204 g/mol. The average Bonchev–Trinajstić information content (AvgIpc) is 3.08. The minimum atomic E-state index is 0.161. The van der Waals surface area contributed by atoms with Gasteiger partial charge < -0.3 is 15.3 Å². The predicted octanol–water partition coefficient (Wildman–Crippen LogP) is 0.788. The second-order valence-electron chi connectivity index (χ2n) is 4.09. The van der Waals surface area contributed by atoms with Crippen molar-refractivity contribution in [1.29, 1.82) is 0 Å². The topological polar surface area (TPSA) is 61.3 Å². The molecule has 1 saturated carbocycles. The molecule has 0 saturated heterocycles. The molecule has 0 bridgehead atoms. The summed E-state index contributed by atoms with van der Waals surface area (Å²) in [6, 6.07) is 2.51. The second kappa shape index (κ2) is 4.65. The summed E-state index contributed by atoms with van der Waals surface area (Å²) in [6.07, 6.45) is 2.38. The van der Waals surface area contributed by atoms with Crippen LogP contribution >= 0.6 is 0 Å². The lowest BCUT2D eigenvalue weighted by Crippen LogP contribution is -2.30. The highest BCUT2D eigenvalue weighted by molar-refractivity contribution is 5.46. The Morgan fingerprint density at radius 3 is 2.81 bits per heavy atom. The van der Waals surface area contributed by atoms with E-state index < -0.39 is 0 Å². The lowest BCUT2D eigenvalue weighted by Gasteiger charge is -2.23. The van der Waals surface area contributed by atoms with Crippen LogP contribution in [-0.4, -0.2) is 41.3 Å². The molecule has 0 amide bonds. The van der Waals surface area contributed by atoms with Gasteiger partial charge in [-0.05, 0) is 19.8 Å². The molecule has 1 fully saturated rings. The summed E-state index contributed by atoms with van der Waals surface area (Å²) in [5.74, 6) is 1.55. The van der Waals surface area contributed by atoms with Crippen molar-refractivity contribution in [3.05, 3.63) is 11.8 Å². The number of aromatic nitrogens is 2. The van der Waals surface area contributed by atoms with Gasteiger partial charge in [-0.1, -0.05) is 0 Å². The van der Waals surface area contributed by atoms with E-state index in [0.29, 0.717) is 18.5 Å². The fourth-order valence-corrected chi connectivity index (χ4v) is 1.79. The molecule has 1 aliphatic carbocycles. The van der Waals surface area contributed by atoms with E-state index in [9.17, 15) is 0 Å². The summed E-state index contributed by atoms with van der Waals surface area (Å²) < 4.78 is 0. The Hall–Kier alpha value is -1.36. The summed E-state index contributed by atoms with van der Waals surface area (Å²) >= 11 is 0. The van der Waals surface area contributed by atoms with Gasteiger partial charge in [0.1, 0.15) is 5.82 Å². The number of aryl methyl sites for hydroxylation is 1. The Morgan fingerprint density at radius 1 is 1.50 bits per heavy atom. The standard InChI is InChI=1S/C11H18N4O/c1-8-7-10(14-11(12-2)13-8)15(5-6-16)9-3-4-9/h7,9,16H,3-6H2,1-2H3,(H,12,13,14). The van der Waals surface area contributed by atoms with E-state index in [4.69, 9.17) is 5.11 Å². The van der Waals surface area contributed by atoms with Crippen LogP contribution in [0.3, 0.4) is 0 Å². The normalized spacial score (nSPS) is 14.9. The van der Waals surface area contributed by atoms with E-state index in [2.05, 4.69) is 20.2 Å². The van der Waals surface area contributed by atoms with E-state index >= 15 is 0 Å². The first kappa shape index (κ1) is 11.1. The molecule has 1 aromatic rings. The Balaban J connectivity index is 2.25. The number of anilines is 2. The molecule has 88 valence electrons. The SMILES string of the molecule is CNc1nc(C)cc(N(CCO)C2CC2)n1. The van der Waals surface area contributed by atoms with Gasteiger partial charge in [-0.25, -0.2) is 4.98 Å². The number of aliphatic hydroxyl groups is 1. The third-order valence-electron chi connectivity index (χ3n) is 2.69.